The maximum absolute atomic E-state index is 4.86. The van der Waals surface area contributed by atoms with E-state index < -0.39 is 0 Å². The summed E-state index contributed by atoms with van der Waals surface area (Å²) in [6.07, 6.45) is 3.52. The van der Waals surface area contributed by atoms with Crippen molar-refractivity contribution in [3.8, 4) is 0 Å². The standard InChI is InChI=1S/C15H20BrN3/c1-2-7-19-14-4-3-12(16)9-13(14)18-15(19)8-11-5-6-17-10-11/h3-4,9,11,17H,2,5-8,10H2,1H3. The quantitative estimate of drug-likeness (QED) is 0.935. The second kappa shape index (κ2) is 5.63. The molecule has 1 aromatic carbocycles. The van der Waals surface area contributed by atoms with Gasteiger partial charge in [0.15, 0.2) is 0 Å². The van der Waals surface area contributed by atoms with Crippen LogP contribution in [0, 0.1) is 5.92 Å². The molecule has 1 aliphatic heterocycles. The Hall–Kier alpha value is -0.870. The summed E-state index contributed by atoms with van der Waals surface area (Å²) >= 11 is 3.53. The van der Waals surface area contributed by atoms with Crippen LogP contribution in [0.3, 0.4) is 0 Å². The minimum absolute atomic E-state index is 0.746. The number of hydrogen-bond donors (Lipinski definition) is 1. The van der Waals surface area contributed by atoms with Gasteiger partial charge in [0.05, 0.1) is 11.0 Å². The van der Waals surface area contributed by atoms with E-state index in [9.17, 15) is 0 Å². The fraction of sp³-hybridized carbons (Fsp3) is 0.533. The normalized spacial score (nSPS) is 19.4. The molecule has 2 heterocycles. The van der Waals surface area contributed by atoms with E-state index in [1.54, 1.807) is 0 Å². The van der Waals surface area contributed by atoms with Crippen LogP contribution in [0.15, 0.2) is 22.7 Å². The zero-order chi connectivity index (χ0) is 13.2. The van der Waals surface area contributed by atoms with Crippen molar-refractivity contribution in [1.29, 1.82) is 0 Å². The summed E-state index contributed by atoms with van der Waals surface area (Å²) in [7, 11) is 0. The minimum Gasteiger partial charge on any atom is -0.328 e. The van der Waals surface area contributed by atoms with Gasteiger partial charge in [0.1, 0.15) is 5.82 Å². The van der Waals surface area contributed by atoms with Crippen LogP contribution in [0.25, 0.3) is 11.0 Å². The van der Waals surface area contributed by atoms with E-state index in [-0.39, 0.29) is 0 Å². The highest BCUT2D eigenvalue weighted by atomic mass is 79.9. The van der Waals surface area contributed by atoms with Gasteiger partial charge in [0, 0.05) is 17.4 Å². The Kier molecular flexibility index (Phi) is 3.89. The molecule has 1 fully saturated rings. The van der Waals surface area contributed by atoms with Crippen molar-refractivity contribution in [3.63, 3.8) is 0 Å². The summed E-state index contributed by atoms with van der Waals surface area (Å²) in [4.78, 5) is 4.86. The van der Waals surface area contributed by atoms with E-state index in [1.807, 2.05) is 0 Å². The summed E-state index contributed by atoms with van der Waals surface area (Å²) in [6, 6.07) is 6.41. The van der Waals surface area contributed by atoms with Gasteiger partial charge >= 0.3 is 0 Å². The predicted octanol–water partition coefficient (Wildman–Crippen LogP) is 3.36. The number of nitrogens with zero attached hydrogens (tertiary/aromatic N) is 2. The van der Waals surface area contributed by atoms with Crippen LogP contribution in [-0.2, 0) is 13.0 Å². The molecular weight excluding hydrogens is 302 g/mol. The average molecular weight is 322 g/mol. The molecule has 2 aromatic rings. The third kappa shape index (κ3) is 2.70. The van der Waals surface area contributed by atoms with Gasteiger partial charge in [-0.05, 0) is 50.0 Å². The second-order valence-electron chi connectivity index (χ2n) is 5.38. The zero-order valence-electron chi connectivity index (χ0n) is 11.3. The van der Waals surface area contributed by atoms with Crippen LogP contribution in [-0.4, -0.2) is 22.6 Å². The topological polar surface area (TPSA) is 29.9 Å². The van der Waals surface area contributed by atoms with Gasteiger partial charge in [0.25, 0.3) is 0 Å². The molecule has 1 atom stereocenters. The Balaban J connectivity index is 1.98. The summed E-state index contributed by atoms with van der Waals surface area (Å²) in [5, 5.41) is 3.44. The van der Waals surface area contributed by atoms with Crippen molar-refractivity contribution in [1.82, 2.24) is 14.9 Å². The summed E-state index contributed by atoms with van der Waals surface area (Å²) in [5.41, 5.74) is 2.38. The first-order valence-corrected chi connectivity index (χ1v) is 7.92. The van der Waals surface area contributed by atoms with Gasteiger partial charge < -0.3 is 9.88 Å². The molecule has 4 heteroatoms. The van der Waals surface area contributed by atoms with Gasteiger partial charge in [-0.15, -0.1) is 0 Å². The molecule has 0 spiro atoms. The highest BCUT2D eigenvalue weighted by Crippen LogP contribution is 2.24. The molecule has 1 aromatic heterocycles. The first kappa shape index (κ1) is 13.1. The smallest absolute Gasteiger partial charge is 0.110 e. The summed E-state index contributed by atoms with van der Waals surface area (Å²) in [6.45, 7) is 5.59. The number of fused-ring (bicyclic) bond motifs is 1. The van der Waals surface area contributed by atoms with Crippen LogP contribution in [0.2, 0.25) is 0 Å². The molecule has 1 saturated heterocycles. The van der Waals surface area contributed by atoms with Crippen molar-refractivity contribution in [2.24, 2.45) is 5.92 Å². The summed E-state index contributed by atoms with van der Waals surface area (Å²) in [5.74, 6) is 2.00. The Morgan fingerprint density at radius 1 is 1.47 bits per heavy atom. The Bertz CT molecular complexity index is 570. The first-order chi connectivity index (χ1) is 9.28. The van der Waals surface area contributed by atoms with Gasteiger partial charge in [-0.25, -0.2) is 4.98 Å². The van der Waals surface area contributed by atoms with Crippen LogP contribution < -0.4 is 5.32 Å². The molecule has 19 heavy (non-hydrogen) atoms. The molecule has 1 unspecified atom stereocenters. The number of aryl methyl sites for hydroxylation is 1. The average Bonchev–Trinajstić information content (AvgIpc) is 2.99. The van der Waals surface area contributed by atoms with E-state index in [4.69, 9.17) is 4.98 Å². The maximum atomic E-state index is 4.86. The molecule has 1 aliphatic rings. The minimum atomic E-state index is 0.746. The molecule has 3 nitrogen and oxygen atoms in total. The van der Waals surface area contributed by atoms with Gasteiger partial charge in [-0.2, -0.15) is 0 Å². The van der Waals surface area contributed by atoms with Gasteiger partial charge in [0.2, 0.25) is 0 Å². The lowest BCUT2D eigenvalue weighted by Crippen LogP contribution is -2.14. The van der Waals surface area contributed by atoms with Crippen LogP contribution in [0.1, 0.15) is 25.6 Å². The molecule has 102 valence electrons. The van der Waals surface area contributed by atoms with Crippen molar-refractivity contribution in [2.75, 3.05) is 13.1 Å². The lowest BCUT2D eigenvalue weighted by atomic mass is 10.0. The molecule has 0 aliphatic carbocycles. The molecule has 0 amide bonds. The number of imidazole rings is 1. The Morgan fingerprint density at radius 3 is 3.11 bits per heavy atom. The molecular formula is C15H20BrN3. The van der Waals surface area contributed by atoms with E-state index >= 15 is 0 Å². The van der Waals surface area contributed by atoms with Crippen molar-refractivity contribution < 1.29 is 0 Å². The van der Waals surface area contributed by atoms with E-state index in [0.717, 1.165) is 48.4 Å². The lowest BCUT2D eigenvalue weighted by molar-refractivity contribution is 0.535. The fourth-order valence-electron chi connectivity index (χ4n) is 2.93. The maximum Gasteiger partial charge on any atom is 0.110 e. The zero-order valence-corrected chi connectivity index (χ0v) is 12.9. The third-order valence-electron chi connectivity index (χ3n) is 3.87. The highest BCUT2D eigenvalue weighted by Gasteiger charge is 2.19. The van der Waals surface area contributed by atoms with Crippen LogP contribution in [0.4, 0.5) is 0 Å². The highest BCUT2D eigenvalue weighted by molar-refractivity contribution is 9.10. The SMILES string of the molecule is CCCn1c(CC2CCNC2)nc2cc(Br)ccc21. The van der Waals surface area contributed by atoms with E-state index in [0.29, 0.717) is 0 Å². The molecule has 3 rings (SSSR count). The number of benzene rings is 1. The van der Waals surface area contributed by atoms with Crippen molar-refractivity contribution in [3.05, 3.63) is 28.5 Å². The Morgan fingerprint density at radius 2 is 2.37 bits per heavy atom. The van der Waals surface area contributed by atoms with Crippen LogP contribution in [0.5, 0.6) is 0 Å². The number of halogens is 1. The van der Waals surface area contributed by atoms with E-state index in [2.05, 4.69) is 50.9 Å². The number of nitrogens with one attached hydrogen (secondary N) is 1. The van der Waals surface area contributed by atoms with Crippen LogP contribution >= 0.6 is 15.9 Å². The van der Waals surface area contributed by atoms with Crippen molar-refractivity contribution >= 4 is 27.0 Å². The second-order valence-corrected chi connectivity index (χ2v) is 6.29. The molecule has 1 N–H and O–H groups in total. The molecule has 0 radical (unpaired) electrons. The number of hydrogen-bond acceptors (Lipinski definition) is 2. The van der Waals surface area contributed by atoms with E-state index in [1.165, 1.54) is 17.8 Å². The molecule has 0 bridgehead atoms. The Labute approximate surface area is 122 Å². The molecule has 0 saturated carbocycles. The third-order valence-corrected chi connectivity index (χ3v) is 4.36. The number of aromatic nitrogens is 2. The largest absolute Gasteiger partial charge is 0.328 e. The van der Waals surface area contributed by atoms with Crippen molar-refractivity contribution in [2.45, 2.75) is 32.7 Å². The summed E-state index contributed by atoms with van der Waals surface area (Å²) < 4.78 is 3.51. The van der Waals surface area contributed by atoms with Gasteiger partial charge in [-0.1, -0.05) is 22.9 Å². The van der Waals surface area contributed by atoms with Gasteiger partial charge in [-0.3, -0.25) is 0 Å². The predicted molar refractivity (Wildman–Crippen MR) is 82.4 cm³/mol. The lowest BCUT2D eigenvalue weighted by Gasteiger charge is -2.11. The monoisotopic (exact) mass is 321 g/mol. The first-order valence-electron chi connectivity index (χ1n) is 7.13. The fourth-order valence-corrected chi connectivity index (χ4v) is 3.28. The number of rotatable bonds is 4.